The van der Waals surface area contributed by atoms with Gasteiger partial charge >= 0.3 is 0 Å². The lowest BCUT2D eigenvalue weighted by Crippen LogP contribution is -2.49. The summed E-state index contributed by atoms with van der Waals surface area (Å²) in [7, 11) is 2.09. The number of benzene rings is 1. The van der Waals surface area contributed by atoms with Crippen molar-refractivity contribution in [3.63, 3.8) is 0 Å². The van der Waals surface area contributed by atoms with Crippen LogP contribution in [0.2, 0.25) is 0 Å². The quantitative estimate of drug-likeness (QED) is 0.378. The molecule has 2 saturated carbocycles. The fourth-order valence-electron chi connectivity index (χ4n) is 6.64. The number of rotatable bonds is 7. The van der Waals surface area contributed by atoms with Gasteiger partial charge in [-0.3, -0.25) is 9.36 Å². The monoisotopic (exact) mass is 582 g/mol. The molecule has 42 heavy (non-hydrogen) atoms. The Bertz CT molecular complexity index is 1390. The molecule has 12 heteroatoms. The van der Waals surface area contributed by atoms with Gasteiger partial charge in [0.25, 0.3) is 0 Å². The van der Waals surface area contributed by atoms with Gasteiger partial charge in [-0.05, 0) is 76.5 Å². The highest BCUT2D eigenvalue weighted by Gasteiger charge is 2.31. The van der Waals surface area contributed by atoms with Crippen LogP contribution in [0.5, 0.6) is 0 Å². The van der Waals surface area contributed by atoms with Crippen LogP contribution in [0.3, 0.4) is 0 Å². The fraction of sp³-hybridized carbons (Fsp3) is 0.600. The first kappa shape index (κ1) is 28.7. The number of halogens is 2. The lowest BCUT2D eigenvalue weighted by atomic mass is 9.85. The number of piperazine rings is 1. The van der Waals surface area contributed by atoms with Crippen LogP contribution in [0.15, 0.2) is 24.4 Å². The smallest absolute Gasteiger partial charge is 0.225 e. The second-order valence-electron chi connectivity index (χ2n) is 12.1. The highest BCUT2D eigenvalue weighted by molar-refractivity contribution is 5.79. The molecule has 1 saturated heterocycles. The van der Waals surface area contributed by atoms with E-state index < -0.39 is 11.6 Å². The van der Waals surface area contributed by atoms with Gasteiger partial charge in [-0.25, -0.2) is 18.7 Å². The number of hydrogen-bond acceptors (Lipinski definition) is 8. The van der Waals surface area contributed by atoms with Gasteiger partial charge in [-0.15, -0.1) is 0 Å². The normalized spacial score (nSPS) is 25.5. The molecule has 2 aromatic heterocycles. The number of anilines is 3. The Morgan fingerprint density at radius 1 is 1.00 bits per heavy atom. The van der Waals surface area contributed by atoms with E-state index in [1.165, 1.54) is 12.1 Å². The average Bonchev–Trinajstić information content (AvgIpc) is 3.36. The van der Waals surface area contributed by atoms with Crippen molar-refractivity contribution in [2.24, 2.45) is 11.8 Å². The molecule has 1 aliphatic heterocycles. The summed E-state index contributed by atoms with van der Waals surface area (Å²) in [6, 6.07) is 3.64. The van der Waals surface area contributed by atoms with Crippen molar-refractivity contribution in [1.82, 2.24) is 29.3 Å². The highest BCUT2D eigenvalue weighted by Crippen LogP contribution is 2.37. The van der Waals surface area contributed by atoms with Crippen LogP contribution in [0.25, 0.3) is 11.2 Å². The molecule has 3 N–H and O–H groups in total. The number of hydrogen-bond donors (Lipinski definition) is 3. The lowest BCUT2D eigenvalue weighted by Gasteiger charge is -2.36. The number of aromatic nitrogens is 4. The molecular weight excluding hydrogens is 542 g/mol. The molecule has 0 unspecified atom stereocenters. The van der Waals surface area contributed by atoms with Crippen LogP contribution in [-0.4, -0.2) is 86.2 Å². The Morgan fingerprint density at radius 3 is 2.43 bits per heavy atom. The number of carbonyl (C=O) groups excluding carboxylic acids is 1. The number of fused-ring (bicyclic) bond motifs is 1. The summed E-state index contributed by atoms with van der Waals surface area (Å²) in [5.74, 6) is 0.217. The zero-order chi connectivity index (χ0) is 29.2. The summed E-state index contributed by atoms with van der Waals surface area (Å²) >= 11 is 0. The minimum absolute atomic E-state index is 0.0579. The second-order valence-corrected chi connectivity index (χ2v) is 12.1. The fourth-order valence-corrected chi connectivity index (χ4v) is 6.64. The first-order valence-corrected chi connectivity index (χ1v) is 15.2. The number of imidazole rings is 1. The Hall–Kier alpha value is -3.38. The molecule has 10 nitrogen and oxygen atoms in total. The third kappa shape index (κ3) is 6.19. The van der Waals surface area contributed by atoms with Crippen molar-refractivity contribution in [2.75, 3.05) is 50.5 Å². The zero-order valence-electron chi connectivity index (χ0n) is 24.1. The predicted octanol–water partition coefficient (Wildman–Crippen LogP) is 4.32. The van der Waals surface area contributed by atoms with E-state index in [2.05, 4.69) is 27.6 Å². The van der Waals surface area contributed by atoms with Crippen LogP contribution in [0, 0.1) is 23.5 Å². The number of aliphatic hydroxyl groups excluding tert-OH is 1. The van der Waals surface area contributed by atoms with Crippen molar-refractivity contribution >= 4 is 34.7 Å². The minimum Gasteiger partial charge on any atom is -0.396 e. The van der Waals surface area contributed by atoms with Crippen LogP contribution >= 0.6 is 0 Å². The molecule has 3 aromatic rings. The van der Waals surface area contributed by atoms with Gasteiger partial charge in [-0.1, -0.05) is 0 Å². The van der Waals surface area contributed by atoms with Gasteiger partial charge < -0.3 is 25.5 Å². The second kappa shape index (κ2) is 12.5. The van der Waals surface area contributed by atoms with Gasteiger partial charge in [0.2, 0.25) is 17.8 Å². The summed E-state index contributed by atoms with van der Waals surface area (Å²) in [5.41, 5.74) is 1.35. The topological polar surface area (TPSA) is 111 Å². The summed E-state index contributed by atoms with van der Waals surface area (Å²) in [5, 5.41) is 16.2. The molecule has 6 rings (SSSR count). The number of amides is 1. The first-order chi connectivity index (χ1) is 20.4. The Morgan fingerprint density at radius 2 is 1.74 bits per heavy atom. The van der Waals surface area contributed by atoms with E-state index in [9.17, 15) is 18.7 Å². The maximum Gasteiger partial charge on any atom is 0.225 e. The highest BCUT2D eigenvalue weighted by atomic mass is 19.1. The maximum atomic E-state index is 14.6. The number of aliphatic hydroxyl groups is 1. The largest absolute Gasteiger partial charge is 0.396 e. The van der Waals surface area contributed by atoms with Crippen molar-refractivity contribution in [3.05, 3.63) is 36.0 Å². The van der Waals surface area contributed by atoms with Crippen molar-refractivity contribution in [1.29, 1.82) is 0 Å². The average molecular weight is 583 g/mol. The van der Waals surface area contributed by atoms with Crippen molar-refractivity contribution in [2.45, 2.75) is 63.5 Å². The van der Waals surface area contributed by atoms with Crippen LogP contribution in [0.4, 0.5) is 26.4 Å². The summed E-state index contributed by atoms with van der Waals surface area (Å²) in [6.45, 7) is 3.64. The van der Waals surface area contributed by atoms with Crippen LogP contribution < -0.4 is 10.6 Å². The van der Waals surface area contributed by atoms with E-state index in [1.807, 2.05) is 9.47 Å². The van der Waals surface area contributed by atoms with E-state index in [0.29, 0.717) is 23.1 Å². The maximum absolute atomic E-state index is 14.6. The Labute approximate surface area is 244 Å². The van der Waals surface area contributed by atoms with E-state index in [1.54, 1.807) is 6.20 Å². The molecule has 3 aliphatic rings. The molecule has 0 radical (unpaired) electrons. The molecule has 0 spiro atoms. The zero-order valence-corrected chi connectivity index (χ0v) is 24.1. The standard InChI is InChI=1S/C30H40F2N8O2/c1-38-12-14-39(15-13-38)28(42)20-4-7-22(8-5-20)34-29-33-17-26-27(37-29)40(23-9-2-19(18-41)3-10-23)30(36-26)35-25-11-6-21(31)16-24(25)32/h6,11,16-17,19-20,22-23,41H,2-5,7-10,12-15,18H2,1H3,(H,35,36)(H,33,34,37). The van der Waals surface area contributed by atoms with Crippen LogP contribution in [0.1, 0.15) is 57.4 Å². The molecule has 2 aliphatic carbocycles. The van der Waals surface area contributed by atoms with E-state index in [4.69, 9.17) is 9.97 Å². The lowest BCUT2D eigenvalue weighted by molar-refractivity contribution is -0.138. The third-order valence-corrected chi connectivity index (χ3v) is 9.27. The number of carbonyl (C=O) groups is 1. The van der Waals surface area contributed by atoms with Crippen LogP contribution in [-0.2, 0) is 4.79 Å². The van der Waals surface area contributed by atoms with Gasteiger partial charge in [0.05, 0.1) is 11.9 Å². The van der Waals surface area contributed by atoms with Gasteiger partial charge in [-0.2, -0.15) is 4.98 Å². The molecule has 3 fully saturated rings. The molecule has 1 amide bonds. The first-order valence-electron chi connectivity index (χ1n) is 15.2. The minimum atomic E-state index is -0.701. The third-order valence-electron chi connectivity index (χ3n) is 9.27. The molecule has 1 aromatic carbocycles. The van der Waals surface area contributed by atoms with E-state index in [0.717, 1.165) is 83.6 Å². The number of nitrogens with zero attached hydrogens (tertiary/aromatic N) is 6. The van der Waals surface area contributed by atoms with Gasteiger partial charge in [0.1, 0.15) is 17.2 Å². The molecule has 0 atom stereocenters. The summed E-state index contributed by atoms with van der Waals surface area (Å²) in [6.07, 6.45) is 8.50. The SMILES string of the molecule is CN1CCN(C(=O)C2CCC(Nc3ncc4nc(Nc5ccc(F)cc5F)n(C5CCC(CO)CC5)c4n3)CC2)CC1. The Kier molecular flexibility index (Phi) is 8.53. The van der Waals surface area contributed by atoms with E-state index >= 15 is 0 Å². The predicted molar refractivity (Wildman–Crippen MR) is 156 cm³/mol. The summed E-state index contributed by atoms with van der Waals surface area (Å²) < 4.78 is 30.1. The molecular formula is C30H40F2N8O2. The molecule has 3 heterocycles. The van der Waals surface area contributed by atoms with Crippen molar-refractivity contribution in [3.8, 4) is 0 Å². The van der Waals surface area contributed by atoms with E-state index in [-0.39, 0.29) is 42.1 Å². The Balaban J connectivity index is 1.18. The van der Waals surface area contributed by atoms with Gasteiger partial charge in [0.15, 0.2) is 5.65 Å². The van der Waals surface area contributed by atoms with Crippen molar-refractivity contribution < 1.29 is 18.7 Å². The van der Waals surface area contributed by atoms with Gasteiger partial charge in [0, 0.05) is 56.9 Å². The summed E-state index contributed by atoms with van der Waals surface area (Å²) in [4.78, 5) is 31.4. The number of likely N-dealkylation sites (N-methyl/N-ethyl adjacent to an activating group) is 1. The molecule has 226 valence electrons. The molecule has 0 bridgehead atoms. The number of nitrogens with one attached hydrogen (secondary N) is 2.